The van der Waals surface area contributed by atoms with Crippen LogP contribution in [-0.2, 0) is 4.74 Å². The van der Waals surface area contributed by atoms with Gasteiger partial charge in [-0.15, -0.1) is 0 Å². The molecular weight excluding hydrogens is 264 g/mol. The van der Waals surface area contributed by atoms with Crippen molar-refractivity contribution in [2.24, 2.45) is 0 Å². The molecule has 0 aromatic carbocycles. The first kappa shape index (κ1) is 13.1. The standard InChI is InChI=1S/C16H22N4O/c1-11-9-14-13(10-17-11)16(19-7-6-12(19)2)18-20(14)15-5-3-4-8-21-15/h9-10,12,15H,3-8H2,1-2H3. The topological polar surface area (TPSA) is 43.2 Å². The number of nitrogens with zero attached hydrogens (tertiary/aromatic N) is 4. The fraction of sp³-hybridized carbons (Fsp3) is 0.625. The Hall–Kier alpha value is -1.62. The minimum absolute atomic E-state index is 0.0772. The summed E-state index contributed by atoms with van der Waals surface area (Å²) in [5.74, 6) is 1.07. The Morgan fingerprint density at radius 2 is 2.19 bits per heavy atom. The lowest BCUT2D eigenvalue weighted by molar-refractivity contribution is -0.0366. The summed E-state index contributed by atoms with van der Waals surface area (Å²) in [7, 11) is 0. The van der Waals surface area contributed by atoms with Crippen LogP contribution >= 0.6 is 0 Å². The molecule has 2 aromatic heterocycles. The largest absolute Gasteiger partial charge is 0.356 e. The number of pyridine rings is 1. The van der Waals surface area contributed by atoms with Crippen LogP contribution < -0.4 is 4.90 Å². The highest BCUT2D eigenvalue weighted by molar-refractivity contribution is 5.90. The maximum absolute atomic E-state index is 5.95. The third kappa shape index (κ3) is 2.11. The van der Waals surface area contributed by atoms with E-state index in [1.807, 2.05) is 13.1 Å². The fourth-order valence-corrected chi connectivity index (χ4v) is 3.30. The van der Waals surface area contributed by atoms with Crippen molar-refractivity contribution in [2.75, 3.05) is 18.1 Å². The molecule has 2 atom stereocenters. The molecule has 0 N–H and O–H groups in total. The summed E-state index contributed by atoms with van der Waals surface area (Å²) in [6, 6.07) is 2.71. The van der Waals surface area contributed by atoms with Gasteiger partial charge < -0.3 is 9.64 Å². The predicted octanol–water partition coefficient (Wildman–Crippen LogP) is 3.04. The lowest BCUT2D eigenvalue weighted by atomic mass is 10.1. The maximum atomic E-state index is 5.95. The van der Waals surface area contributed by atoms with Crippen molar-refractivity contribution < 1.29 is 4.74 Å². The van der Waals surface area contributed by atoms with Crippen molar-refractivity contribution in [1.82, 2.24) is 14.8 Å². The van der Waals surface area contributed by atoms with Gasteiger partial charge in [-0.1, -0.05) is 0 Å². The number of hydrogen-bond donors (Lipinski definition) is 0. The van der Waals surface area contributed by atoms with E-state index < -0.39 is 0 Å². The average Bonchev–Trinajstić information content (AvgIpc) is 2.85. The number of fused-ring (bicyclic) bond motifs is 1. The summed E-state index contributed by atoms with van der Waals surface area (Å²) in [5, 5.41) is 6.06. The van der Waals surface area contributed by atoms with Gasteiger partial charge in [-0.2, -0.15) is 5.10 Å². The Balaban J connectivity index is 1.83. The molecule has 4 heterocycles. The molecule has 0 spiro atoms. The van der Waals surface area contributed by atoms with Crippen LogP contribution in [0.1, 0.15) is 44.5 Å². The molecule has 0 radical (unpaired) electrons. The van der Waals surface area contributed by atoms with Gasteiger partial charge in [0.15, 0.2) is 12.0 Å². The number of rotatable bonds is 2. The molecule has 2 aromatic rings. The highest BCUT2D eigenvalue weighted by Gasteiger charge is 2.30. The van der Waals surface area contributed by atoms with Crippen LogP contribution in [-0.4, -0.2) is 34.0 Å². The SMILES string of the molecule is Cc1cc2c(cn1)c(N1CCC1C)nn2C1CCCCO1. The number of aromatic nitrogens is 3. The Labute approximate surface area is 124 Å². The van der Waals surface area contributed by atoms with Gasteiger partial charge in [0.25, 0.3) is 0 Å². The van der Waals surface area contributed by atoms with Crippen molar-refractivity contribution in [3.8, 4) is 0 Å². The molecular formula is C16H22N4O. The van der Waals surface area contributed by atoms with Gasteiger partial charge in [0.1, 0.15) is 0 Å². The van der Waals surface area contributed by atoms with E-state index in [-0.39, 0.29) is 6.23 Å². The Morgan fingerprint density at radius 3 is 2.86 bits per heavy atom. The van der Waals surface area contributed by atoms with Crippen LogP contribution in [0.15, 0.2) is 12.3 Å². The van der Waals surface area contributed by atoms with Crippen molar-refractivity contribution >= 4 is 16.7 Å². The zero-order valence-electron chi connectivity index (χ0n) is 12.7. The van der Waals surface area contributed by atoms with Gasteiger partial charge >= 0.3 is 0 Å². The molecule has 0 bridgehead atoms. The normalized spacial score (nSPS) is 26.1. The zero-order valence-corrected chi connectivity index (χ0v) is 12.7. The Morgan fingerprint density at radius 1 is 1.29 bits per heavy atom. The van der Waals surface area contributed by atoms with Crippen LogP contribution in [0.4, 0.5) is 5.82 Å². The molecule has 0 aliphatic carbocycles. The van der Waals surface area contributed by atoms with E-state index in [2.05, 4.69) is 27.6 Å². The van der Waals surface area contributed by atoms with E-state index in [0.717, 1.165) is 48.4 Å². The maximum Gasteiger partial charge on any atom is 0.160 e. The van der Waals surface area contributed by atoms with Gasteiger partial charge in [-0.25, -0.2) is 4.68 Å². The van der Waals surface area contributed by atoms with E-state index in [0.29, 0.717) is 6.04 Å². The second-order valence-corrected chi connectivity index (χ2v) is 6.26. The van der Waals surface area contributed by atoms with Gasteiger partial charge in [0.2, 0.25) is 0 Å². The van der Waals surface area contributed by atoms with Crippen LogP contribution in [0.5, 0.6) is 0 Å². The summed E-state index contributed by atoms with van der Waals surface area (Å²) in [5.41, 5.74) is 2.19. The highest BCUT2D eigenvalue weighted by atomic mass is 16.5. The monoisotopic (exact) mass is 286 g/mol. The lowest BCUT2D eigenvalue weighted by Gasteiger charge is -2.39. The third-order valence-corrected chi connectivity index (χ3v) is 4.73. The van der Waals surface area contributed by atoms with E-state index in [4.69, 9.17) is 9.84 Å². The third-order valence-electron chi connectivity index (χ3n) is 4.73. The molecule has 4 rings (SSSR count). The Kier molecular flexibility index (Phi) is 3.10. The van der Waals surface area contributed by atoms with Crippen molar-refractivity contribution in [2.45, 2.75) is 51.8 Å². The molecule has 112 valence electrons. The van der Waals surface area contributed by atoms with Crippen LogP contribution in [0.3, 0.4) is 0 Å². The minimum atomic E-state index is 0.0772. The molecule has 0 amide bonds. The van der Waals surface area contributed by atoms with E-state index in [1.165, 1.54) is 12.8 Å². The average molecular weight is 286 g/mol. The quantitative estimate of drug-likeness (QED) is 0.851. The molecule has 2 fully saturated rings. The first-order chi connectivity index (χ1) is 10.2. The first-order valence-electron chi connectivity index (χ1n) is 7.97. The van der Waals surface area contributed by atoms with Crippen LogP contribution in [0.25, 0.3) is 10.9 Å². The molecule has 2 aliphatic heterocycles. The van der Waals surface area contributed by atoms with E-state index >= 15 is 0 Å². The zero-order chi connectivity index (χ0) is 14.4. The van der Waals surface area contributed by atoms with Gasteiger partial charge in [0, 0.05) is 31.1 Å². The smallest absolute Gasteiger partial charge is 0.160 e. The molecule has 2 saturated heterocycles. The number of hydrogen-bond acceptors (Lipinski definition) is 4. The number of ether oxygens (including phenoxy) is 1. The first-order valence-corrected chi connectivity index (χ1v) is 7.97. The van der Waals surface area contributed by atoms with Gasteiger partial charge in [0.05, 0.1) is 10.9 Å². The molecule has 5 heteroatoms. The van der Waals surface area contributed by atoms with Crippen molar-refractivity contribution in [3.63, 3.8) is 0 Å². The minimum Gasteiger partial charge on any atom is -0.356 e. The van der Waals surface area contributed by atoms with Crippen LogP contribution in [0.2, 0.25) is 0 Å². The molecule has 0 saturated carbocycles. The number of anilines is 1. The molecule has 5 nitrogen and oxygen atoms in total. The van der Waals surface area contributed by atoms with E-state index in [1.54, 1.807) is 0 Å². The van der Waals surface area contributed by atoms with Crippen LogP contribution in [0, 0.1) is 6.92 Å². The van der Waals surface area contributed by atoms with E-state index in [9.17, 15) is 0 Å². The molecule has 21 heavy (non-hydrogen) atoms. The lowest BCUT2D eigenvalue weighted by Crippen LogP contribution is -2.46. The number of aryl methyl sites for hydroxylation is 1. The summed E-state index contributed by atoms with van der Waals surface area (Å²) in [6.45, 7) is 6.22. The Bertz CT molecular complexity index is 660. The van der Waals surface area contributed by atoms with Gasteiger partial charge in [-0.05, 0) is 45.6 Å². The van der Waals surface area contributed by atoms with Crippen molar-refractivity contribution in [1.29, 1.82) is 0 Å². The second-order valence-electron chi connectivity index (χ2n) is 6.26. The fourth-order valence-electron chi connectivity index (χ4n) is 3.30. The predicted molar refractivity (Wildman–Crippen MR) is 82.5 cm³/mol. The summed E-state index contributed by atoms with van der Waals surface area (Å²) >= 11 is 0. The molecule has 2 unspecified atom stereocenters. The summed E-state index contributed by atoms with van der Waals surface area (Å²) in [4.78, 5) is 6.85. The highest BCUT2D eigenvalue weighted by Crippen LogP contribution is 2.35. The molecule has 2 aliphatic rings. The summed E-state index contributed by atoms with van der Waals surface area (Å²) in [6.07, 6.45) is 6.71. The van der Waals surface area contributed by atoms with Gasteiger partial charge in [-0.3, -0.25) is 4.98 Å². The van der Waals surface area contributed by atoms with Crippen molar-refractivity contribution in [3.05, 3.63) is 18.0 Å². The second kappa shape index (κ2) is 4.98. The summed E-state index contributed by atoms with van der Waals surface area (Å²) < 4.78 is 8.03.